The third-order valence-electron chi connectivity index (χ3n) is 3.55. The van der Waals surface area contributed by atoms with Gasteiger partial charge in [0.2, 0.25) is 0 Å². The van der Waals surface area contributed by atoms with Gasteiger partial charge in [0, 0.05) is 12.2 Å². The van der Waals surface area contributed by atoms with E-state index in [4.69, 9.17) is 9.84 Å². The standard InChI is InChI=1S/C19H17NO3/c21-19(22)15-5-8-17(9-6-15)20-11-12-23-18-10-7-14-3-1-2-4-16(14)13-18/h1-10,13,20H,11-12H2,(H,21,22). The molecule has 0 aromatic heterocycles. The minimum Gasteiger partial charge on any atom is -0.492 e. The number of nitrogens with one attached hydrogen (secondary N) is 1. The van der Waals surface area contributed by atoms with Crippen LogP contribution in [0, 0.1) is 0 Å². The zero-order valence-corrected chi connectivity index (χ0v) is 12.5. The average Bonchev–Trinajstić information content (AvgIpc) is 2.59. The summed E-state index contributed by atoms with van der Waals surface area (Å²) < 4.78 is 5.74. The van der Waals surface area contributed by atoms with Crippen molar-refractivity contribution in [2.45, 2.75) is 0 Å². The Balaban J connectivity index is 1.51. The molecule has 0 unspecified atom stereocenters. The second kappa shape index (κ2) is 6.83. The van der Waals surface area contributed by atoms with Crippen LogP contribution < -0.4 is 10.1 Å². The Morgan fingerprint density at radius 1 is 0.957 bits per heavy atom. The summed E-state index contributed by atoms with van der Waals surface area (Å²) in [4.78, 5) is 10.8. The molecule has 3 aromatic carbocycles. The number of fused-ring (bicyclic) bond motifs is 1. The predicted molar refractivity (Wildman–Crippen MR) is 91.3 cm³/mol. The van der Waals surface area contributed by atoms with Crippen molar-refractivity contribution in [3.8, 4) is 5.75 Å². The first kappa shape index (κ1) is 14.9. The second-order valence-electron chi connectivity index (χ2n) is 5.17. The van der Waals surface area contributed by atoms with Gasteiger partial charge in [0.1, 0.15) is 12.4 Å². The van der Waals surface area contributed by atoms with Crippen molar-refractivity contribution in [1.29, 1.82) is 0 Å². The van der Waals surface area contributed by atoms with E-state index in [0.717, 1.165) is 16.8 Å². The quantitative estimate of drug-likeness (QED) is 0.675. The molecular formula is C19H17NO3. The molecule has 3 aromatic rings. The predicted octanol–water partition coefficient (Wildman–Crippen LogP) is 4.03. The Morgan fingerprint density at radius 3 is 2.43 bits per heavy atom. The topological polar surface area (TPSA) is 58.6 Å². The van der Waals surface area contributed by atoms with Crippen LogP contribution in [0.5, 0.6) is 5.75 Å². The van der Waals surface area contributed by atoms with Gasteiger partial charge in [0.25, 0.3) is 0 Å². The summed E-state index contributed by atoms with van der Waals surface area (Å²) in [5.74, 6) is -0.0806. The summed E-state index contributed by atoms with van der Waals surface area (Å²) in [6.07, 6.45) is 0. The smallest absolute Gasteiger partial charge is 0.335 e. The van der Waals surface area contributed by atoms with Crippen molar-refractivity contribution in [3.05, 3.63) is 72.3 Å². The lowest BCUT2D eigenvalue weighted by Gasteiger charge is -2.09. The van der Waals surface area contributed by atoms with Crippen LogP contribution >= 0.6 is 0 Å². The van der Waals surface area contributed by atoms with Crippen LogP contribution in [0.15, 0.2) is 66.7 Å². The monoisotopic (exact) mass is 307 g/mol. The maximum absolute atomic E-state index is 10.8. The SMILES string of the molecule is O=C(O)c1ccc(NCCOc2ccc3ccccc3c2)cc1. The van der Waals surface area contributed by atoms with Gasteiger partial charge >= 0.3 is 5.97 Å². The molecule has 0 radical (unpaired) electrons. The Kier molecular flexibility index (Phi) is 4.43. The molecule has 23 heavy (non-hydrogen) atoms. The number of carboxylic acid groups (broad SMARTS) is 1. The van der Waals surface area contributed by atoms with Gasteiger partial charge in [-0.05, 0) is 47.2 Å². The van der Waals surface area contributed by atoms with Crippen LogP contribution in [-0.2, 0) is 0 Å². The molecule has 116 valence electrons. The van der Waals surface area contributed by atoms with E-state index in [1.807, 2.05) is 30.3 Å². The third-order valence-corrected chi connectivity index (χ3v) is 3.55. The van der Waals surface area contributed by atoms with Crippen LogP contribution in [-0.4, -0.2) is 24.2 Å². The highest BCUT2D eigenvalue weighted by Crippen LogP contribution is 2.20. The summed E-state index contributed by atoms with van der Waals surface area (Å²) in [5, 5.41) is 14.4. The van der Waals surface area contributed by atoms with Crippen LogP contribution in [0.1, 0.15) is 10.4 Å². The van der Waals surface area contributed by atoms with E-state index in [1.165, 1.54) is 5.39 Å². The van der Waals surface area contributed by atoms with E-state index < -0.39 is 5.97 Å². The van der Waals surface area contributed by atoms with E-state index in [1.54, 1.807) is 24.3 Å². The number of hydrogen-bond acceptors (Lipinski definition) is 3. The summed E-state index contributed by atoms with van der Waals surface area (Å²) in [6.45, 7) is 1.16. The summed E-state index contributed by atoms with van der Waals surface area (Å²) >= 11 is 0. The fraction of sp³-hybridized carbons (Fsp3) is 0.105. The first-order chi connectivity index (χ1) is 11.2. The lowest BCUT2D eigenvalue weighted by atomic mass is 10.1. The van der Waals surface area contributed by atoms with Gasteiger partial charge in [-0.3, -0.25) is 0 Å². The molecule has 0 spiro atoms. The van der Waals surface area contributed by atoms with Gasteiger partial charge in [-0.25, -0.2) is 4.79 Å². The lowest BCUT2D eigenvalue weighted by Crippen LogP contribution is -2.11. The van der Waals surface area contributed by atoms with Crippen molar-refractivity contribution in [3.63, 3.8) is 0 Å². The lowest BCUT2D eigenvalue weighted by molar-refractivity contribution is 0.0697. The number of ether oxygens (including phenoxy) is 1. The zero-order valence-electron chi connectivity index (χ0n) is 12.5. The van der Waals surface area contributed by atoms with Crippen LogP contribution in [0.3, 0.4) is 0 Å². The van der Waals surface area contributed by atoms with Gasteiger partial charge in [-0.15, -0.1) is 0 Å². The summed E-state index contributed by atoms with van der Waals surface area (Å²) in [7, 11) is 0. The van der Waals surface area contributed by atoms with Crippen LogP contribution in [0.25, 0.3) is 10.8 Å². The van der Waals surface area contributed by atoms with Gasteiger partial charge < -0.3 is 15.2 Å². The van der Waals surface area contributed by atoms with Crippen molar-refractivity contribution >= 4 is 22.4 Å². The van der Waals surface area contributed by atoms with Gasteiger partial charge in [0.05, 0.1) is 5.56 Å². The highest BCUT2D eigenvalue weighted by Gasteiger charge is 2.01. The first-order valence-electron chi connectivity index (χ1n) is 7.41. The molecule has 4 heteroatoms. The van der Waals surface area contributed by atoms with E-state index in [0.29, 0.717) is 13.2 Å². The number of rotatable bonds is 6. The molecule has 0 atom stereocenters. The molecule has 0 aliphatic carbocycles. The van der Waals surface area contributed by atoms with Crippen LogP contribution in [0.2, 0.25) is 0 Å². The minimum atomic E-state index is -0.920. The molecule has 3 rings (SSSR count). The molecule has 0 aliphatic rings. The second-order valence-corrected chi connectivity index (χ2v) is 5.17. The highest BCUT2D eigenvalue weighted by atomic mass is 16.5. The number of carboxylic acids is 1. The van der Waals surface area contributed by atoms with E-state index in [2.05, 4.69) is 17.4 Å². The molecule has 2 N–H and O–H groups in total. The number of hydrogen-bond donors (Lipinski definition) is 2. The molecule has 0 fully saturated rings. The normalized spacial score (nSPS) is 10.4. The summed E-state index contributed by atoms with van der Waals surface area (Å²) in [5.41, 5.74) is 1.15. The van der Waals surface area contributed by atoms with Crippen molar-refractivity contribution in [1.82, 2.24) is 0 Å². The molecule has 0 bridgehead atoms. The molecular weight excluding hydrogens is 290 g/mol. The Morgan fingerprint density at radius 2 is 1.70 bits per heavy atom. The van der Waals surface area contributed by atoms with Gasteiger partial charge in [-0.2, -0.15) is 0 Å². The maximum Gasteiger partial charge on any atom is 0.335 e. The molecule has 4 nitrogen and oxygen atoms in total. The highest BCUT2D eigenvalue weighted by molar-refractivity contribution is 5.88. The van der Waals surface area contributed by atoms with E-state index in [9.17, 15) is 4.79 Å². The Labute approximate surface area is 134 Å². The van der Waals surface area contributed by atoms with Crippen molar-refractivity contribution in [2.75, 3.05) is 18.5 Å². The van der Waals surface area contributed by atoms with Gasteiger partial charge in [0.15, 0.2) is 0 Å². The number of carbonyl (C=O) groups is 1. The van der Waals surface area contributed by atoms with Crippen molar-refractivity contribution in [2.24, 2.45) is 0 Å². The fourth-order valence-electron chi connectivity index (χ4n) is 2.35. The minimum absolute atomic E-state index is 0.281. The molecule has 0 aliphatic heterocycles. The van der Waals surface area contributed by atoms with E-state index in [-0.39, 0.29) is 5.56 Å². The fourth-order valence-corrected chi connectivity index (χ4v) is 2.35. The molecule has 0 saturated carbocycles. The summed E-state index contributed by atoms with van der Waals surface area (Å²) in [6, 6.07) is 20.8. The van der Waals surface area contributed by atoms with Crippen LogP contribution in [0.4, 0.5) is 5.69 Å². The first-order valence-corrected chi connectivity index (χ1v) is 7.41. The Bertz CT molecular complexity index is 812. The Hall–Kier alpha value is -3.01. The largest absolute Gasteiger partial charge is 0.492 e. The number of benzene rings is 3. The van der Waals surface area contributed by atoms with Crippen molar-refractivity contribution < 1.29 is 14.6 Å². The average molecular weight is 307 g/mol. The van der Waals surface area contributed by atoms with Gasteiger partial charge in [-0.1, -0.05) is 30.3 Å². The number of aromatic carboxylic acids is 1. The zero-order chi connectivity index (χ0) is 16.1. The molecule has 0 amide bonds. The number of anilines is 1. The maximum atomic E-state index is 10.8. The van der Waals surface area contributed by atoms with E-state index >= 15 is 0 Å². The molecule has 0 saturated heterocycles. The molecule has 0 heterocycles. The third kappa shape index (κ3) is 3.80.